The van der Waals surface area contributed by atoms with Crippen LogP contribution in [0.15, 0.2) is 0 Å². The van der Waals surface area contributed by atoms with Gasteiger partial charge in [0.15, 0.2) is 0 Å². The van der Waals surface area contributed by atoms with Crippen molar-refractivity contribution in [2.45, 2.75) is 329 Å². The van der Waals surface area contributed by atoms with E-state index in [1.807, 2.05) is 0 Å². The zero-order valence-electron chi connectivity index (χ0n) is 52.7. The van der Waals surface area contributed by atoms with Crippen molar-refractivity contribution in [2.75, 3.05) is 78.5 Å². The fourth-order valence-corrected chi connectivity index (χ4v) is 10.5. The van der Waals surface area contributed by atoms with Gasteiger partial charge in [0.25, 0.3) is 0 Å². The zero-order chi connectivity index (χ0) is 56.7. The third-order valence-electron chi connectivity index (χ3n) is 16.0. The van der Waals surface area contributed by atoms with Crippen LogP contribution in [0.2, 0.25) is 0 Å². The minimum atomic E-state index is 0.113. The third-order valence-corrected chi connectivity index (χ3v) is 16.0. The number of nitrogens with one attached hydrogen (secondary N) is 5. The van der Waals surface area contributed by atoms with Crippen LogP contribution in [0.3, 0.4) is 0 Å². The highest BCUT2D eigenvalue weighted by atomic mass is 16.2. The molecule has 11 nitrogen and oxygen atoms in total. The lowest BCUT2D eigenvalue weighted by atomic mass is 10.1. The molecule has 0 aliphatic heterocycles. The van der Waals surface area contributed by atoms with E-state index in [0.717, 1.165) is 104 Å². The molecule has 462 valence electrons. The van der Waals surface area contributed by atoms with Gasteiger partial charge < -0.3 is 36.4 Å². The zero-order valence-corrected chi connectivity index (χ0v) is 52.7. The number of unbranched alkanes of at least 4 members (excludes halogenated alkanes) is 38. The molecule has 0 bridgehead atoms. The van der Waals surface area contributed by atoms with Crippen LogP contribution in [0.1, 0.15) is 329 Å². The second-order valence-corrected chi connectivity index (χ2v) is 23.6. The van der Waals surface area contributed by atoms with Crippen LogP contribution in [0.4, 0.5) is 0 Å². The van der Waals surface area contributed by atoms with Gasteiger partial charge in [0.2, 0.25) is 23.6 Å². The quantitative estimate of drug-likeness (QED) is 0.0383. The number of hydrogen-bond donors (Lipinski definition) is 5. The molecular formula is C67H135N7O4. The Hall–Kier alpha value is -2.24. The van der Waals surface area contributed by atoms with Gasteiger partial charge >= 0.3 is 0 Å². The first kappa shape index (κ1) is 75.8. The maximum Gasteiger partial charge on any atom is 0.221 e. The van der Waals surface area contributed by atoms with Gasteiger partial charge in [-0.25, -0.2) is 0 Å². The van der Waals surface area contributed by atoms with E-state index in [0.29, 0.717) is 45.3 Å². The highest BCUT2D eigenvalue weighted by Crippen LogP contribution is 2.14. The van der Waals surface area contributed by atoms with Crippen LogP contribution >= 0.6 is 0 Å². The number of carbonyl (C=O) groups excluding carboxylic acids is 4. The van der Waals surface area contributed by atoms with E-state index >= 15 is 0 Å². The van der Waals surface area contributed by atoms with Crippen LogP contribution < -0.4 is 26.6 Å². The summed E-state index contributed by atoms with van der Waals surface area (Å²) in [5.41, 5.74) is 0. The van der Waals surface area contributed by atoms with Crippen LogP contribution in [0.25, 0.3) is 0 Å². The molecule has 0 aliphatic carbocycles. The molecule has 0 radical (unpaired) electrons. The summed E-state index contributed by atoms with van der Waals surface area (Å²) in [4.78, 5) is 56.4. The molecule has 0 heterocycles. The van der Waals surface area contributed by atoms with Crippen LogP contribution in [-0.4, -0.2) is 112 Å². The minimum absolute atomic E-state index is 0.113. The summed E-state index contributed by atoms with van der Waals surface area (Å²) in [6.07, 6.45) is 56.3. The molecule has 0 spiro atoms. The predicted octanol–water partition coefficient (Wildman–Crippen LogP) is 16.1. The molecule has 78 heavy (non-hydrogen) atoms. The van der Waals surface area contributed by atoms with Gasteiger partial charge in [-0.15, -0.1) is 0 Å². The Bertz CT molecular complexity index is 1180. The second-order valence-electron chi connectivity index (χ2n) is 23.6. The molecule has 0 atom stereocenters. The number of hydrogen-bond acceptors (Lipinski definition) is 7. The predicted molar refractivity (Wildman–Crippen MR) is 337 cm³/mol. The number of nitrogens with zero attached hydrogens (tertiary/aromatic N) is 2. The number of rotatable bonds is 65. The fraction of sp³-hybridized carbons (Fsp3) is 0.940. The Kier molecular flexibility index (Phi) is 62.1. The normalized spacial score (nSPS) is 11.5. The van der Waals surface area contributed by atoms with Crippen LogP contribution in [-0.2, 0) is 19.2 Å². The molecule has 11 heteroatoms. The van der Waals surface area contributed by atoms with Crippen molar-refractivity contribution in [1.82, 2.24) is 36.4 Å². The second kappa shape index (κ2) is 63.9. The molecule has 0 aromatic heterocycles. The van der Waals surface area contributed by atoms with E-state index in [9.17, 15) is 19.2 Å². The molecule has 0 aromatic rings. The van der Waals surface area contributed by atoms with E-state index in [1.165, 1.54) is 231 Å². The van der Waals surface area contributed by atoms with Gasteiger partial charge in [-0.2, -0.15) is 0 Å². The third kappa shape index (κ3) is 59.9. The summed E-state index contributed by atoms with van der Waals surface area (Å²) in [7, 11) is 0. The van der Waals surface area contributed by atoms with E-state index in [2.05, 4.69) is 64.1 Å². The lowest BCUT2D eigenvalue weighted by Gasteiger charge is -2.28. The van der Waals surface area contributed by atoms with E-state index in [4.69, 9.17) is 0 Å². The lowest BCUT2D eigenvalue weighted by Crippen LogP contribution is -2.42. The standard InChI is InChI=1S/C67H135N7O4/c1-5-9-13-17-21-25-29-33-37-43-52-69-64(75)48-42-41-47-58-73(59-50-66(77)71-54-45-39-35-31-27-23-19-15-11-7-3)62-63-74(60-51-67(78)72-55-46-40-36-32-28-24-20-16-12-8-4)61-57-68-56-49-65(76)70-53-44-38-34-30-26-22-18-14-10-6-2/h68H,5-63H2,1-4H3,(H,69,75)(H,70,76)(H,71,77)(H,72,78). The first-order valence-corrected chi connectivity index (χ1v) is 34.6. The van der Waals surface area contributed by atoms with E-state index < -0.39 is 0 Å². The summed E-state index contributed by atoms with van der Waals surface area (Å²) in [6, 6.07) is 0. The van der Waals surface area contributed by atoms with Crippen molar-refractivity contribution >= 4 is 23.6 Å². The van der Waals surface area contributed by atoms with E-state index in [-0.39, 0.29) is 23.6 Å². The molecule has 0 unspecified atom stereocenters. The molecule has 0 rings (SSSR count). The maximum absolute atomic E-state index is 13.1. The van der Waals surface area contributed by atoms with Crippen molar-refractivity contribution in [2.24, 2.45) is 0 Å². The van der Waals surface area contributed by atoms with Gasteiger partial charge in [-0.05, 0) is 45.1 Å². The largest absolute Gasteiger partial charge is 0.356 e. The first-order valence-electron chi connectivity index (χ1n) is 34.6. The van der Waals surface area contributed by atoms with Gasteiger partial charge in [-0.3, -0.25) is 19.2 Å². The average Bonchev–Trinajstić information content (AvgIpc) is 3.43. The Balaban J connectivity index is 5.17. The van der Waals surface area contributed by atoms with Crippen molar-refractivity contribution in [3.8, 4) is 0 Å². The van der Waals surface area contributed by atoms with Crippen molar-refractivity contribution < 1.29 is 19.2 Å². The SMILES string of the molecule is CCCCCCCCCCCCNC(=O)CCCCCN(CCC(=O)NCCCCCCCCCCCC)CCN(CCNCCC(=O)NCCCCCCCCCCCC)CCC(=O)NCCCCCCCCCCCC. The Morgan fingerprint density at radius 2 is 0.474 bits per heavy atom. The fourth-order valence-electron chi connectivity index (χ4n) is 10.5. The number of amides is 4. The molecule has 5 N–H and O–H groups in total. The highest BCUT2D eigenvalue weighted by molar-refractivity contribution is 5.77. The monoisotopic (exact) mass is 1100 g/mol. The summed E-state index contributed by atoms with van der Waals surface area (Å²) in [5, 5.41) is 16.2. The van der Waals surface area contributed by atoms with Crippen molar-refractivity contribution in [3.63, 3.8) is 0 Å². The summed E-state index contributed by atoms with van der Waals surface area (Å²) < 4.78 is 0. The van der Waals surface area contributed by atoms with Crippen molar-refractivity contribution in [3.05, 3.63) is 0 Å². The van der Waals surface area contributed by atoms with E-state index in [1.54, 1.807) is 0 Å². The molecule has 0 saturated heterocycles. The molecule has 0 fully saturated rings. The maximum atomic E-state index is 13.1. The van der Waals surface area contributed by atoms with Crippen LogP contribution in [0, 0.1) is 0 Å². The topological polar surface area (TPSA) is 135 Å². The Morgan fingerprint density at radius 1 is 0.218 bits per heavy atom. The van der Waals surface area contributed by atoms with Crippen LogP contribution in [0.5, 0.6) is 0 Å². The number of carbonyl (C=O) groups is 4. The molecule has 0 aliphatic rings. The van der Waals surface area contributed by atoms with Crippen molar-refractivity contribution in [1.29, 1.82) is 0 Å². The Morgan fingerprint density at radius 3 is 0.795 bits per heavy atom. The first-order chi connectivity index (χ1) is 38.4. The minimum Gasteiger partial charge on any atom is -0.356 e. The van der Waals surface area contributed by atoms with Gasteiger partial charge in [0, 0.05) is 97.7 Å². The lowest BCUT2D eigenvalue weighted by molar-refractivity contribution is -0.122. The van der Waals surface area contributed by atoms with Gasteiger partial charge in [0.05, 0.1) is 0 Å². The molecule has 0 aromatic carbocycles. The summed E-state index contributed by atoms with van der Waals surface area (Å²) in [6.45, 7) is 18.1. The smallest absolute Gasteiger partial charge is 0.221 e. The Labute approximate surface area is 485 Å². The van der Waals surface area contributed by atoms with Gasteiger partial charge in [-0.1, -0.05) is 265 Å². The average molecular weight is 1100 g/mol. The molecule has 4 amide bonds. The summed E-state index contributed by atoms with van der Waals surface area (Å²) in [5.74, 6) is 0.528. The molecular weight excluding hydrogens is 967 g/mol. The summed E-state index contributed by atoms with van der Waals surface area (Å²) >= 11 is 0. The van der Waals surface area contributed by atoms with Gasteiger partial charge in [0.1, 0.15) is 0 Å². The molecule has 0 saturated carbocycles. The highest BCUT2D eigenvalue weighted by Gasteiger charge is 2.14.